The zero-order chi connectivity index (χ0) is 10.7. The Kier molecular flexibility index (Phi) is 2.77. The summed E-state index contributed by atoms with van der Waals surface area (Å²) in [6.45, 7) is 1.75. The van der Waals surface area contributed by atoms with Crippen LogP contribution in [0.3, 0.4) is 0 Å². The van der Waals surface area contributed by atoms with Gasteiger partial charge in [-0.3, -0.25) is 4.79 Å². The Balaban J connectivity index is 2.01. The molecule has 6 nitrogen and oxygen atoms in total. The molecule has 1 amide bonds. The average molecular weight is 207 g/mol. The Bertz CT molecular complexity index is 361. The molecule has 4 N–H and O–H groups in total. The van der Waals surface area contributed by atoms with Gasteiger partial charge in [-0.05, 0) is 19.0 Å². The number of aromatic nitrogens is 2. The third-order valence-corrected chi connectivity index (χ3v) is 2.30. The Morgan fingerprint density at radius 1 is 1.67 bits per heavy atom. The first-order valence-corrected chi connectivity index (χ1v) is 4.86. The number of nitrogens with two attached hydrogens (primary N) is 1. The number of nitrogen functional groups attached to an aromatic ring is 1. The number of amides is 1. The quantitative estimate of drug-likeness (QED) is 0.587. The van der Waals surface area contributed by atoms with Crippen LogP contribution in [-0.4, -0.2) is 35.0 Å². The lowest BCUT2D eigenvalue weighted by molar-refractivity contribution is 0.0935. The second-order valence-electron chi connectivity index (χ2n) is 3.46. The largest absolute Gasteiger partial charge is 0.368 e. The predicted molar refractivity (Wildman–Crippen MR) is 55.2 cm³/mol. The third-order valence-electron chi connectivity index (χ3n) is 2.30. The molecule has 15 heavy (non-hydrogen) atoms. The molecule has 1 aromatic heterocycles. The summed E-state index contributed by atoms with van der Waals surface area (Å²) in [6, 6.07) is 1.74. The van der Waals surface area contributed by atoms with Crippen LogP contribution >= 0.6 is 0 Å². The van der Waals surface area contributed by atoms with E-state index >= 15 is 0 Å². The fourth-order valence-electron chi connectivity index (χ4n) is 1.54. The van der Waals surface area contributed by atoms with E-state index in [-0.39, 0.29) is 17.9 Å². The minimum atomic E-state index is -0.196. The smallest absolute Gasteiger partial charge is 0.270 e. The fraction of sp³-hybridized carbons (Fsp3) is 0.444. The molecule has 0 radical (unpaired) electrons. The van der Waals surface area contributed by atoms with Gasteiger partial charge in [-0.2, -0.15) is 0 Å². The molecular weight excluding hydrogens is 194 g/mol. The predicted octanol–water partition coefficient (Wildman–Crippen LogP) is -0.849. The Labute approximate surface area is 87.3 Å². The number of hydrogen-bond donors (Lipinski definition) is 3. The highest BCUT2D eigenvalue weighted by molar-refractivity contribution is 5.92. The molecule has 0 aromatic carbocycles. The first kappa shape index (κ1) is 9.85. The van der Waals surface area contributed by atoms with Gasteiger partial charge in [0.25, 0.3) is 5.91 Å². The van der Waals surface area contributed by atoms with Gasteiger partial charge in [0.05, 0.1) is 0 Å². The van der Waals surface area contributed by atoms with E-state index in [0.717, 1.165) is 19.5 Å². The molecule has 1 aliphatic rings. The van der Waals surface area contributed by atoms with Crippen LogP contribution < -0.4 is 16.4 Å². The molecule has 2 rings (SSSR count). The lowest BCUT2D eigenvalue weighted by Crippen LogP contribution is -2.36. The highest BCUT2D eigenvalue weighted by atomic mass is 16.1. The zero-order valence-corrected chi connectivity index (χ0v) is 8.23. The molecule has 2 heterocycles. The molecule has 0 bridgehead atoms. The lowest BCUT2D eigenvalue weighted by Gasteiger charge is -2.10. The van der Waals surface area contributed by atoms with Gasteiger partial charge in [-0.25, -0.2) is 9.97 Å². The SMILES string of the molecule is Nc1nccc(C(=O)N[C@H]2CCNC2)n1. The molecule has 1 aromatic rings. The molecule has 1 fully saturated rings. The molecule has 0 aliphatic carbocycles. The van der Waals surface area contributed by atoms with Gasteiger partial charge in [0, 0.05) is 18.8 Å². The van der Waals surface area contributed by atoms with Crippen LogP contribution in [0.5, 0.6) is 0 Å². The van der Waals surface area contributed by atoms with Crippen molar-refractivity contribution in [2.24, 2.45) is 0 Å². The highest BCUT2D eigenvalue weighted by Crippen LogP contribution is 2.01. The number of nitrogens with zero attached hydrogens (tertiary/aromatic N) is 2. The van der Waals surface area contributed by atoms with Crippen LogP contribution in [0.25, 0.3) is 0 Å². The van der Waals surface area contributed by atoms with Crippen molar-refractivity contribution in [2.75, 3.05) is 18.8 Å². The van der Waals surface area contributed by atoms with E-state index in [4.69, 9.17) is 5.73 Å². The summed E-state index contributed by atoms with van der Waals surface area (Å²) in [7, 11) is 0. The summed E-state index contributed by atoms with van der Waals surface area (Å²) >= 11 is 0. The normalized spacial score (nSPS) is 20.1. The average Bonchev–Trinajstić information content (AvgIpc) is 2.70. The van der Waals surface area contributed by atoms with Crippen molar-refractivity contribution in [1.29, 1.82) is 0 Å². The van der Waals surface area contributed by atoms with Gasteiger partial charge < -0.3 is 16.4 Å². The van der Waals surface area contributed by atoms with Crippen molar-refractivity contribution in [3.63, 3.8) is 0 Å². The number of anilines is 1. The number of carbonyl (C=O) groups is 1. The zero-order valence-electron chi connectivity index (χ0n) is 8.23. The van der Waals surface area contributed by atoms with E-state index in [1.54, 1.807) is 6.07 Å². The molecular formula is C9H13N5O. The maximum atomic E-state index is 11.7. The minimum Gasteiger partial charge on any atom is -0.368 e. The van der Waals surface area contributed by atoms with Crippen LogP contribution in [0.1, 0.15) is 16.9 Å². The standard InChI is InChI=1S/C9H13N5O/c10-9-12-4-2-7(14-9)8(15)13-6-1-3-11-5-6/h2,4,6,11H,1,3,5H2,(H,13,15)(H2,10,12,14)/t6-/m0/s1. The van der Waals surface area contributed by atoms with Crippen molar-refractivity contribution in [1.82, 2.24) is 20.6 Å². The summed E-state index contributed by atoms with van der Waals surface area (Å²) in [5, 5.41) is 6.04. The van der Waals surface area contributed by atoms with Gasteiger partial charge in [-0.15, -0.1) is 0 Å². The third kappa shape index (κ3) is 2.41. The Morgan fingerprint density at radius 3 is 3.20 bits per heavy atom. The van der Waals surface area contributed by atoms with Crippen molar-refractivity contribution in [3.8, 4) is 0 Å². The summed E-state index contributed by atoms with van der Waals surface area (Å²) in [5.74, 6) is -0.0787. The van der Waals surface area contributed by atoms with Crippen molar-refractivity contribution >= 4 is 11.9 Å². The number of nitrogens with one attached hydrogen (secondary N) is 2. The monoisotopic (exact) mass is 207 g/mol. The van der Waals surface area contributed by atoms with E-state index in [1.807, 2.05) is 0 Å². The fourth-order valence-corrected chi connectivity index (χ4v) is 1.54. The molecule has 80 valence electrons. The van der Waals surface area contributed by atoms with Crippen molar-refractivity contribution in [3.05, 3.63) is 18.0 Å². The van der Waals surface area contributed by atoms with Crippen LogP contribution in [0, 0.1) is 0 Å². The van der Waals surface area contributed by atoms with Gasteiger partial charge in [0.2, 0.25) is 5.95 Å². The van der Waals surface area contributed by atoms with E-state index < -0.39 is 0 Å². The highest BCUT2D eigenvalue weighted by Gasteiger charge is 2.18. The van der Waals surface area contributed by atoms with Crippen LogP contribution in [-0.2, 0) is 0 Å². The van der Waals surface area contributed by atoms with Crippen LogP contribution in [0.2, 0.25) is 0 Å². The molecule has 6 heteroatoms. The maximum absolute atomic E-state index is 11.7. The Hall–Kier alpha value is -1.69. The van der Waals surface area contributed by atoms with Crippen molar-refractivity contribution in [2.45, 2.75) is 12.5 Å². The summed E-state index contributed by atoms with van der Waals surface area (Å²) in [5.41, 5.74) is 5.70. The van der Waals surface area contributed by atoms with Gasteiger partial charge >= 0.3 is 0 Å². The van der Waals surface area contributed by atoms with E-state index in [0.29, 0.717) is 5.69 Å². The second-order valence-corrected chi connectivity index (χ2v) is 3.46. The number of rotatable bonds is 2. The second kappa shape index (κ2) is 4.22. The number of carbonyl (C=O) groups excluding carboxylic acids is 1. The number of hydrogen-bond acceptors (Lipinski definition) is 5. The first-order chi connectivity index (χ1) is 7.25. The summed E-state index contributed by atoms with van der Waals surface area (Å²) in [4.78, 5) is 19.2. The topological polar surface area (TPSA) is 92.9 Å². The van der Waals surface area contributed by atoms with E-state index in [2.05, 4.69) is 20.6 Å². The van der Waals surface area contributed by atoms with Gasteiger partial charge in [0.15, 0.2) is 0 Å². The van der Waals surface area contributed by atoms with Crippen LogP contribution in [0.15, 0.2) is 12.3 Å². The molecule has 0 saturated carbocycles. The van der Waals surface area contributed by atoms with Crippen LogP contribution in [0.4, 0.5) is 5.95 Å². The van der Waals surface area contributed by atoms with Crippen molar-refractivity contribution < 1.29 is 4.79 Å². The van der Waals surface area contributed by atoms with Gasteiger partial charge in [0.1, 0.15) is 5.69 Å². The molecule has 1 saturated heterocycles. The maximum Gasteiger partial charge on any atom is 0.270 e. The van der Waals surface area contributed by atoms with Gasteiger partial charge in [-0.1, -0.05) is 0 Å². The molecule has 0 unspecified atom stereocenters. The van der Waals surface area contributed by atoms with E-state index in [9.17, 15) is 4.79 Å². The lowest BCUT2D eigenvalue weighted by atomic mass is 10.2. The van der Waals surface area contributed by atoms with E-state index in [1.165, 1.54) is 6.20 Å². The molecule has 1 atom stereocenters. The Morgan fingerprint density at radius 2 is 2.53 bits per heavy atom. The summed E-state index contributed by atoms with van der Waals surface area (Å²) in [6.07, 6.45) is 2.43. The summed E-state index contributed by atoms with van der Waals surface area (Å²) < 4.78 is 0. The minimum absolute atomic E-state index is 0.118. The first-order valence-electron chi connectivity index (χ1n) is 4.86. The molecule has 0 spiro atoms. The molecule has 1 aliphatic heterocycles.